The summed E-state index contributed by atoms with van der Waals surface area (Å²) in [4.78, 5) is 7.89. The van der Waals surface area contributed by atoms with Gasteiger partial charge in [0.25, 0.3) is 0 Å². The summed E-state index contributed by atoms with van der Waals surface area (Å²) in [5.74, 6) is -0.594. The molecule has 3 aromatic rings. The Morgan fingerprint density at radius 2 is 1.82 bits per heavy atom. The summed E-state index contributed by atoms with van der Waals surface area (Å²) in [5.41, 5.74) is -1.31. The Labute approximate surface area is 187 Å². The average molecular weight is 484 g/mol. The largest absolute Gasteiger partial charge is 0.419 e. The van der Waals surface area contributed by atoms with E-state index in [-0.39, 0.29) is 23.2 Å². The fourth-order valence-corrected chi connectivity index (χ4v) is 4.48. The van der Waals surface area contributed by atoms with E-state index in [0.29, 0.717) is 32.1 Å². The third kappa shape index (κ3) is 5.14. The van der Waals surface area contributed by atoms with Crippen LogP contribution in [-0.4, -0.2) is 57.9 Å². The molecule has 0 saturated carbocycles. The average Bonchev–Trinajstić information content (AvgIpc) is 3.23. The molecule has 4 rings (SSSR count). The second-order valence-electron chi connectivity index (χ2n) is 7.66. The number of rotatable bonds is 5. The van der Waals surface area contributed by atoms with Crippen LogP contribution in [0, 0.1) is 5.82 Å². The first-order chi connectivity index (χ1) is 15.5. The summed E-state index contributed by atoms with van der Waals surface area (Å²) in [5, 5.41) is 6.98. The van der Waals surface area contributed by atoms with Gasteiger partial charge in [-0.25, -0.2) is 31.8 Å². The predicted molar refractivity (Wildman–Crippen MR) is 113 cm³/mol. The van der Waals surface area contributed by atoms with Crippen LogP contribution in [0.4, 0.5) is 23.5 Å². The summed E-state index contributed by atoms with van der Waals surface area (Å²) in [6.45, 7) is 0.582. The molecule has 1 saturated heterocycles. The minimum atomic E-state index is -4.71. The zero-order valence-corrected chi connectivity index (χ0v) is 18.2. The monoisotopic (exact) mass is 484 g/mol. The van der Waals surface area contributed by atoms with Crippen molar-refractivity contribution in [1.82, 2.24) is 24.1 Å². The number of benzene rings is 1. The number of hydrogen-bond acceptors (Lipinski definition) is 6. The van der Waals surface area contributed by atoms with Gasteiger partial charge >= 0.3 is 6.18 Å². The first-order valence-electron chi connectivity index (χ1n) is 9.98. The highest BCUT2D eigenvalue weighted by atomic mass is 32.2. The third-order valence-corrected chi connectivity index (χ3v) is 6.61. The maximum atomic E-state index is 14.1. The van der Waals surface area contributed by atoms with Crippen molar-refractivity contribution >= 4 is 16.0 Å². The minimum absolute atomic E-state index is 0.0190. The summed E-state index contributed by atoms with van der Waals surface area (Å²) in [6, 6.07) is 5.55. The zero-order chi connectivity index (χ0) is 23.8. The molecule has 176 valence electrons. The number of nitrogens with zero attached hydrogens (tertiary/aromatic N) is 5. The van der Waals surface area contributed by atoms with E-state index in [4.69, 9.17) is 0 Å². The first-order valence-corrected chi connectivity index (χ1v) is 11.8. The van der Waals surface area contributed by atoms with E-state index < -0.39 is 33.3 Å². The van der Waals surface area contributed by atoms with Crippen LogP contribution < -0.4 is 5.32 Å². The van der Waals surface area contributed by atoms with Gasteiger partial charge in [0.05, 0.1) is 18.1 Å². The van der Waals surface area contributed by atoms with Crippen molar-refractivity contribution in [2.45, 2.75) is 25.1 Å². The second-order valence-corrected chi connectivity index (χ2v) is 9.64. The lowest BCUT2D eigenvalue weighted by Crippen LogP contribution is -2.42. The molecule has 8 nitrogen and oxygen atoms in total. The highest BCUT2D eigenvalue weighted by Crippen LogP contribution is 2.36. The molecule has 33 heavy (non-hydrogen) atoms. The van der Waals surface area contributed by atoms with E-state index in [1.807, 2.05) is 0 Å². The quantitative estimate of drug-likeness (QED) is 0.559. The molecule has 1 N–H and O–H groups in total. The lowest BCUT2D eigenvalue weighted by molar-refractivity contribution is -0.137. The Hall–Kier alpha value is -3.06. The van der Waals surface area contributed by atoms with Gasteiger partial charge in [0.1, 0.15) is 17.1 Å². The molecule has 3 heterocycles. The van der Waals surface area contributed by atoms with E-state index in [0.717, 1.165) is 10.9 Å². The minimum Gasteiger partial charge on any atom is -0.351 e. The molecule has 0 aliphatic carbocycles. The van der Waals surface area contributed by atoms with Crippen molar-refractivity contribution in [3.05, 3.63) is 54.2 Å². The smallest absolute Gasteiger partial charge is 0.351 e. The highest BCUT2D eigenvalue weighted by molar-refractivity contribution is 7.88. The van der Waals surface area contributed by atoms with E-state index in [1.54, 1.807) is 6.07 Å². The van der Waals surface area contributed by atoms with Gasteiger partial charge in [-0.3, -0.25) is 0 Å². The number of alkyl halides is 3. The van der Waals surface area contributed by atoms with Crippen LogP contribution in [0.1, 0.15) is 18.4 Å². The van der Waals surface area contributed by atoms with Crippen LogP contribution in [0.25, 0.3) is 16.9 Å². The molecule has 1 aliphatic rings. The number of para-hydroxylation sites is 1. The Bertz CT molecular complexity index is 1250. The number of aromatic nitrogens is 4. The summed E-state index contributed by atoms with van der Waals surface area (Å²) < 4.78 is 80.7. The Balaban J connectivity index is 1.62. The van der Waals surface area contributed by atoms with Gasteiger partial charge in [-0.15, -0.1) is 0 Å². The molecular weight excluding hydrogens is 464 g/mol. The van der Waals surface area contributed by atoms with Gasteiger partial charge in [0.2, 0.25) is 16.0 Å². The number of sulfonamides is 1. The molecule has 0 unspecified atom stereocenters. The van der Waals surface area contributed by atoms with E-state index in [2.05, 4.69) is 20.4 Å². The van der Waals surface area contributed by atoms with E-state index in [9.17, 15) is 26.0 Å². The molecular formula is C20H20F4N6O2S. The zero-order valence-electron chi connectivity index (χ0n) is 17.4. The Morgan fingerprint density at radius 3 is 2.45 bits per heavy atom. The van der Waals surface area contributed by atoms with Crippen molar-refractivity contribution in [3.8, 4) is 16.9 Å². The van der Waals surface area contributed by atoms with Crippen LogP contribution in [-0.2, 0) is 16.2 Å². The first kappa shape index (κ1) is 23.1. The topological polar surface area (TPSA) is 93.0 Å². The molecule has 0 spiro atoms. The molecule has 1 aromatic carbocycles. The lowest BCUT2D eigenvalue weighted by Gasteiger charge is -2.30. The Kier molecular flexibility index (Phi) is 6.10. The number of nitrogens with one attached hydrogen (secondary N) is 1. The lowest BCUT2D eigenvalue weighted by atomic mass is 10.1. The number of hydrogen-bond donors (Lipinski definition) is 1. The molecule has 2 aromatic heterocycles. The normalized spacial score (nSPS) is 16.2. The van der Waals surface area contributed by atoms with Crippen LogP contribution in [0.5, 0.6) is 0 Å². The van der Waals surface area contributed by atoms with E-state index in [1.165, 1.54) is 34.9 Å². The van der Waals surface area contributed by atoms with Gasteiger partial charge in [-0.05, 0) is 25.0 Å². The Morgan fingerprint density at radius 1 is 1.12 bits per heavy atom. The summed E-state index contributed by atoms with van der Waals surface area (Å²) >= 11 is 0. The molecule has 0 radical (unpaired) electrons. The van der Waals surface area contributed by atoms with Gasteiger partial charge in [-0.1, -0.05) is 12.1 Å². The number of piperidine rings is 1. The van der Waals surface area contributed by atoms with Crippen molar-refractivity contribution in [2.75, 3.05) is 24.7 Å². The van der Waals surface area contributed by atoms with Crippen LogP contribution in [0.15, 0.2) is 42.9 Å². The number of anilines is 1. The molecule has 1 fully saturated rings. The van der Waals surface area contributed by atoms with Crippen LogP contribution in [0.3, 0.4) is 0 Å². The van der Waals surface area contributed by atoms with Crippen molar-refractivity contribution in [2.24, 2.45) is 0 Å². The van der Waals surface area contributed by atoms with Crippen molar-refractivity contribution < 1.29 is 26.0 Å². The van der Waals surface area contributed by atoms with Crippen LogP contribution in [0.2, 0.25) is 0 Å². The molecule has 13 heteroatoms. The molecule has 0 bridgehead atoms. The van der Waals surface area contributed by atoms with Gasteiger partial charge in [-0.2, -0.15) is 18.3 Å². The standard InChI is InChI=1S/C20H20F4N6O2S/c1-33(31,32)29-8-6-14(7-9-29)27-19-25-11-15(20(22,23)24)18(28-19)13-10-26-30(12-13)17-5-3-2-4-16(17)21/h2-5,10-12,14H,6-9H2,1H3,(H,25,27,28). The second kappa shape index (κ2) is 8.71. The number of halogens is 4. The maximum absolute atomic E-state index is 14.1. The highest BCUT2D eigenvalue weighted by Gasteiger charge is 2.36. The predicted octanol–water partition coefficient (Wildman–Crippen LogP) is 3.32. The fourth-order valence-electron chi connectivity index (χ4n) is 3.61. The van der Waals surface area contributed by atoms with Crippen LogP contribution >= 0.6 is 0 Å². The van der Waals surface area contributed by atoms with Gasteiger partial charge in [0, 0.05) is 37.1 Å². The van der Waals surface area contributed by atoms with Crippen molar-refractivity contribution in [1.29, 1.82) is 0 Å². The van der Waals surface area contributed by atoms with Gasteiger partial charge < -0.3 is 5.32 Å². The molecule has 0 amide bonds. The van der Waals surface area contributed by atoms with E-state index >= 15 is 0 Å². The summed E-state index contributed by atoms with van der Waals surface area (Å²) in [6.07, 6.45) is 0.470. The van der Waals surface area contributed by atoms with Crippen molar-refractivity contribution in [3.63, 3.8) is 0 Å². The molecule has 1 aliphatic heterocycles. The molecule has 0 atom stereocenters. The fraction of sp³-hybridized carbons (Fsp3) is 0.350. The SMILES string of the molecule is CS(=O)(=O)N1CCC(Nc2ncc(C(F)(F)F)c(-c3cnn(-c4ccccc4F)c3)n2)CC1. The van der Waals surface area contributed by atoms with Gasteiger partial charge in [0.15, 0.2) is 0 Å². The summed E-state index contributed by atoms with van der Waals surface area (Å²) in [7, 11) is -3.30. The third-order valence-electron chi connectivity index (χ3n) is 5.31. The maximum Gasteiger partial charge on any atom is 0.419 e.